The number of nitro groups is 2. The van der Waals surface area contributed by atoms with E-state index in [0.717, 1.165) is 0 Å². The SMILES string of the molecule is C=CCCCN(C)c1c([N+](=O)[O-])cc(CO)c(C)c1[N+](=O)[O-]. The maximum atomic E-state index is 11.4. The third-order valence-electron chi connectivity index (χ3n) is 3.45. The molecule has 0 unspecified atom stereocenters. The van der Waals surface area contributed by atoms with Crippen LogP contribution in [-0.2, 0) is 6.61 Å². The zero-order chi connectivity index (χ0) is 16.9. The highest BCUT2D eigenvalue weighted by molar-refractivity contribution is 5.78. The van der Waals surface area contributed by atoms with Gasteiger partial charge in [0, 0.05) is 25.2 Å². The average Bonchev–Trinajstić information content (AvgIpc) is 2.45. The Morgan fingerprint density at radius 1 is 1.36 bits per heavy atom. The van der Waals surface area contributed by atoms with Gasteiger partial charge in [-0.3, -0.25) is 20.2 Å². The van der Waals surface area contributed by atoms with Gasteiger partial charge in [-0.2, -0.15) is 0 Å². The van der Waals surface area contributed by atoms with Crippen molar-refractivity contribution in [1.82, 2.24) is 0 Å². The smallest absolute Gasteiger partial charge is 0.302 e. The van der Waals surface area contributed by atoms with E-state index in [0.29, 0.717) is 19.4 Å². The molecule has 0 aromatic heterocycles. The summed E-state index contributed by atoms with van der Waals surface area (Å²) in [5.74, 6) is 0. The zero-order valence-corrected chi connectivity index (χ0v) is 12.6. The van der Waals surface area contributed by atoms with Crippen molar-refractivity contribution in [2.75, 3.05) is 18.5 Å². The minimum atomic E-state index is -0.662. The number of anilines is 1. The van der Waals surface area contributed by atoms with Crippen LogP contribution in [0, 0.1) is 27.2 Å². The van der Waals surface area contributed by atoms with E-state index in [1.54, 1.807) is 13.1 Å². The Kier molecular flexibility index (Phi) is 6.00. The first-order valence-corrected chi connectivity index (χ1v) is 6.73. The Hall–Kier alpha value is -2.48. The van der Waals surface area contributed by atoms with Crippen molar-refractivity contribution in [2.24, 2.45) is 0 Å². The van der Waals surface area contributed by atoms with Gasteiger partial charge in [0.15, 0.2) is 5.69 Å². The molecule has 0 fully saturated rings. The lowest BCUT2D eigenvalue weighted by molar-refractivity contribution is -0.393. The molecule has 0 aliphatic carbocycles. The second-order valence-corrected chi connectivity index (χ2v) is 4.90. The van der Waals surface area contributed by atoms with Crippen molar-refractivity contribution in [3.63, 3.8) is 0 Å². The van der Waals surface area contributed by atoms with Gasteiger partial charge in [0.25, 0.3) is 5.69 Å². The van der Waals surface area contributed by atoms with Crippen LogP contribution in [0.4, 0.5) is 17.1 Å². The lowest BCUT2D eigenvalue weighted by Crippen LogP contribution is -2.21. The molecule has 0 atom stereocenters. The molecule has 0 aliphatic rings. The van der Waals surface area contributed by atoms with Crippen molar-refractivity contribution in [1.29, 1.82) is 0 Å². The number of benzene rings is 1. The predicted molar refractivity (Wildman–Crippen MR) is 83.1 cm³/mol. The maximum absolute atomic E-state index is 11.4. The van der Waals surface area contributed by atoms with Gasteiger partial charge in [0.05, 0.1) is 16.5 Å². The van der Waals surface area contributed by atoms with Gasteiger partial charge < -0.3 is 10.0 Å². The Morgan fingerprint density at radius 3 is 2.45 bits per heavy atom. The van der Waals surface area contributed by atoms with Crippen LogP contribution in [0.1, 0.15) is 24.0 Å². The first-order valence-electron chi connectivity index (χ1n) is 6.73. The molecule has 0 saturated carbocycles. The van der Waals surface area contributed by atoms with Gasteiger partial charge in [0.1, 0.15) is 0 Å². The van der Waals surface area contributed by atoms with Crippen LogP contribution in [0.3, 0.4) is 0 Å². The first kappa shape index (κ1) is 17.6. The number of nitrogens with zero attached hydrogens (tertiary/aromatic N) is 3. The molecular weight excluding hydrogens is 290 g/mol. The quantitative estimate of drug-likeness (QED) is 0.342. The van der Waals surface area contributed by atoms with Gasteiger partial charge in [-0.05, 0) is 25.3 Å². The lowest BCUT2D eigenvalue weighted by Gasteiger charge is -2.20. The molecule has 1 N–H and O–H groups in total. The molecular formula is C14H19N3O5. The second kappa shape index (κ2) is 7.51. The monoisotopic (exact) mass is 309 g/mol. The predicted octanol–water partition coefficient (Wildman–Crippen LogP) is 2.71. The van der Waals surface area contributed by atoms with Crippen LogP contribution in [0.15, 0.2) is 18.7 Å². The molecule has 0 saturated heterocycles. The van der Waals surface area contributed by atoms with Gasteiger partial charge in [-0.1, -0.05) is 6.08 Å². The van der Waals surface area contributed by atoms with Gasteiger partial charge >= 0.3 is 5.69 Å². The number of allylic oxidation sites excluding steroid dienone is 1. The van der Waals surface area contributed by atoms with Crippen molar-refractivity contribution >= 4 is 17.1 Å². The van der Waals surface area contributed by atoms with Crippen molar-refractivity contribution in [3.8, 4) is 0 Å². The van der Waals surface area contributed by atoms with E-state index < -0.39 is 16.5 Å². The highest BCUT2D eigenvalue weighted by atomic mass is 16.6. The van der Waals surface area contributed by atoms with Crippen LogP contribution in [-0.4, -0.2) is 28.5 Å². The standard InChI is InChI=1S/C14H19N3O5/c1-4-5-6-7-15(3)14-12(16(19)20)8-11(9-18)10(2)13(14)17(21)22/h4,8,18H,1,5-7,9H2,2-3H3. The van der Waals surface area contributed by atoms with Gasteiger partial charge in [-0.15, -0.1) is 6.58 Å². The Labute approximate surface area is 128 Å². The van der Waals surface area contributed by atoms with Crippen molar-refractivity contribution in [3.05, 3.63) is 50.1 Å². The normalized spacial score (nSPS) is 10.3. The third kappa shape index (κ3) is 3.59. The summed E-state index contributed by atoms with van der Waals surface area (Å²) in [5, 5.41) is 31.9. The minimum Gasteiger partial charge on any atom is -0.392 e. The minimum absolute atomic E-state index is 0.0336. The van der Waals surface area contributed by atoms with E-state index in [9.17, 15) is 25.3 Å². The lowest BCUT2D eigenvalue weighted by atomic mass is 10.0. The number of hydrogen-bond acceptors (Lipinski definition) is 6. The van der Waals surface area contributed by atoms with Gasteiger partial charge in [-0.25, -0.2) is 0 Å². The number of nitro benzene ring substituents is 2. The topological polar surface area (TPSA) is 110 Å². The highest BCUT2D eigenvalue weighted by Gasteiger charge is 2.32. The fourth-order valence-corrected chi connectivity index (χ4v) is 2.28. The van der Waals surface area contributed by atoms with Crippen LogP contribution < -0.4 is 4.90 Å². The van der Waals surface area contributed by atoms with E-state index in [-0.39, 0.29) is 28.2 Å². The third-order valence-corrected chi connectivity index (χ3v) is 3.45. The summed E-state index contributed by atoms with van der Waals surface area (Å²) in [6, 6.07) is 1.20. The number of unbranched alkanes of at least 4 members (excludes halogenated alkanes) is 1. The zero-order valence-electron chi connectivity index (χ0n) is 12.6. The van der Waals surface area contributed by atoms with E-state index in [4.69, 9.17) is 0 Å². The summed E-state index contributed by atoms with van der Waals surface area (Å²) in [5.41, 5.74) is -0.319. The summed E-state index contributed by atoms with van der Waals surface area (Å²) in [7, 11) is 1.58. The number of aliphatic hydroxyl groups excluding tert-OH is 1. The molecule has 0 amide bonds. The Morgan fingerprint density at radius 2 is 2.00 bits per heavy atom. The van der Waals surface area contributed by atoms with Crippen LogP contribution in [0.2, 0.25) is 0 Å². The molecule has 0 radical (unpaired) electrons. The summed E-state index contributed by atoms with van der Waals surface area (Å²) in [6.45, 7) is 5.01. The maximum Gasteiger partial charge on any atom is 0.302 e. The molecule has 22 heavy (non-hydrogen) atoms. The summed E-state index contributed by atoms with van der Waals surface area (Å²) in [6.07, 6.45) is 3.10. The average molecular weight is 309 g/mol. The summed E-state index contributed by atoms with van der Waals surface area (Å²) >= 11 is 0. The molecule has 1 aromatic rings. The molecule has 0 aliphatic heterocycles. The van der Waals surface area contributed by atoms with Crippen molar-refractivity contribution in [2.45, 2.75) is 26.4 Å². The van der Waals surface area contributed by atoms with E-state index in [1.165, 1.54) is 17.9 Å². The number of hydrogen-bond donors (Lipinski definition) is 1. The molecule has 0 bridgehead atoms. The van der Waals surface area contributed by atoms with E-state index in [1.807, 2.05) is 0 Å². The summed E-state index contributed by atoms with van der Waals surface area (Å²) in [4.78, 5) is 22.9. The molecule has 0 heterocycles. The number of aliphatic hydroxyl groups is 1. The fourth-order valence-electron chi connectivity index (χ4n) is 2.28. The first-order chi connectivity index (χ1) is 10.3. The summed E-state index contributed by atoms with van der Waals surface area (Å²) < 4.78 is 0. The Balaban J connectivity index is 3.49. The van der Waals surface area contributed by atoms with Crippen molar-refractivity contribution < 1.29 is 15.0 Å². The fraction of sp³-hybridized carbons (Fsp3) is 0.429. The van der Waals surface area contributed by atoms with E-state index in [2.05, 4.69) is 6.58 Å². The number of rotatable bonds is 8. The molecule has 0 spiro atoms. The van der Waals surface area contributed by atoms with Crippen LogP contribution >= 0.6 is 0 Å². The molecule has 120 valence electrons. The molecule has 1 rings (SSSR count). The molecule has 1 aromatic carbocycles. The Bertz CT molecular complexity index is 601. The molecule has 8 nitrogen and oxygen atoms in total. The van der Waals surface area contributed by atoms with E-state index >= 15 is 0 Å². The van der Waals surface area contributed by atoms with Crippen LogP contribution in [0.25, 0.3) is 0 Å². The highest BCUT2D eigenvalue weighted by Crippen LogP contribution is 2.41. The largest absolute Gasteiger partial charge is 0.392 e. The second-order valence-electron chi connectivity index (χ2n) is 4.90. The van der Waals surface area contributed by atoms with Gasteiger partial charge in [0.2, 0.25) is 0 Å². The molecule has 8 heteroatoms. The van der Waals surface area contributed by atoms with Crippen LogP contribution in [0.5, 0.6) is 0 Å².